The lowest BCUT2D eigenvalue weighted by atomic mass is 10.2. The molecular weight excluding hydrogens is 472 g/mol. The number of fused-ring (bicyclic) bond motifs is 1. The van der Waals surface area contributed by atoms with Crippen LogP contribution in [-0.4, -0.2) is 56.9 Å². The smallest absolute Gasteiger partial charge is 0.338 e. The first-order valence-electron chi connectivity index (χ1n) is 12.4. The van der Waals surface area contributed by atoms with Crippen molar-refractivity contribution in [2.75, 3.05) is 29.9 Å². The number of nitrogens with two attached hydrogens (primary N) is 1. The summed E-state index contributed by atoms with van der Waals surface area (Å²) in [5.74, 6) is 2.82. The largest absolute Gasteiger partial charge is 0.462 e. The standard InChI is InChI=1S/C16H19N7.C9H10O2.CH3NO/c1-2-8-22(7-1)16-18-15(13-4-3-9-23(13)21-16)17-14-10-12(19-20-14)11-5-6-11;1-2-11-9(10)8-6-4-3-5-7-8;2-1-3/h3-4,9-11H,1-2,5-8H2,(H2,17,18,19,20,21);3-7H,2H2,1H3;1H,(H2,2,3). The third-order valence-corrected chi connectivity index (χ3v) is 5.91. The van der Waals surface area contributed by atoms with Crippen LogP contribution in [0, 0.1) is 0 Å². The zero-order valence-corrected chi connectivity index (χ0v) is 20.8. The highest BCUT2D eigenvalue weighted by atomic mass is 16.5. The summed E-state index contributed by atoms with van der Waals surface area (Å²) in [5, 5.41) is 15.5. The first-order valence-corrected chi connectivity index (χ1v) is 12.4. The molecule has 4 heterocycles. The Balaban J connectivity index is 0.000000193. The van der Waals surface area contributed by atoms with Crippen molar-refractivity contribution in [2.45, 2.75) is 38.5 Å². The van der Waals surface area contributed by atoms with Gasteiger partial charge in [0, 0.05) is 37.0 Å². The Morgan fingerprint density at radius 1 is 1.19 bits per heavy atom. The molecule has 4 aromatic rings. The predicted octanol–water partition coefficient (Wildman–Crippen LogP) is 3.64. The van der Waals surface area contributed by atoms with Gasteiger partial charge in [-0.05, 0) is 56.9 Å². The SMILES string of the molecule is CCOC(=O)c1ccccc1.NC=O.c1cc2c(Nc3cc(C4CC4)[nH]n3)nc(N3CCCC3)nn2c1. The van der Waals surface area contributed by atoms with E-state index in [1.54, 1.807) is 19.1 Å². The number of aromatic amines is 1. The van der Waals surface area contributed by atoms with E-state index in [-0.39, 0.29) is 12.4 Å². The molecule has 0 unspecified atom stereocenters. The van der Waals surface area contributed by atoms with Gasteiger partial charge in [0.2, 0.25) is 12.4 Å². The summed E-state index contributed by atoms with van der Waals surface area (Å²) in [7, 11) is 0. The average molecular weight is 505 g/mol. The van der Waals surface area contributed by atoms with Crippen LogP contribution in [0.3, 0.4) is 0 Å². The summed E-state index contributed by atoms with van der Waals surface area (Å²) < 4.78 is 6.68. The number of benzene rings is 1. The number of carbonyl (C=O) groups excluding carboxylic acids is 2. The number of aromatic nitrogens is 5. The summed E-state index contributed by atoms with van der Waals surface area (Å²) in [6.45, 7) is 4.27. The lowest BCUT2D eigenvalue weighted by Gasteiger charge is -2.16. The zero-order chi connectivity index (χ0) is 26.0. The average Bonchev–Trinajstić information content (AvgIpc) is 3.30. The van der Waals surface area contributed by atoms with Crippen molar-refractivity contribution in [3.8, 4) is 0 Å². The number of esters is 1. The molecule has 4 N–H and O–H groups in total. The van der Waals surface area contributed by atoms with E-state index in [0.29, 0.717) is 18.1 Å². The second kappa shape index (κ2) is 12.5. The fraction of sp³-hybridized carbons (Fsp3) is 0.346. The Kier molecular flexibility index (Phi) is 8.69. The summed E-state index contributed by atoms with van der Waals surface area (Å²) in [5.41, 5.74) is 6.95. The van der Waals surface area contributed by atoms with Gasteiger partial charge in [0.25, 0.3) is 0 Å². The summed E-state index contributed by atoms with van der Waals surface area (Å²) in [6, 6.07) is 15.1. The topological polar surface area (TPSA) is 144 Å². The quantitative estimate of drug-likeness (QED) is 0.267. The third-order valence-electron chi connectivity index (χ3n) is 5.91. The molecule has 0 atom stereocenters. The minimum atomic E-state index is -0.256. The molecule has 2 fully saturated rings. The summed E-state index contributed by atoms with van der Waals surface area (Å²) >= 11 is 0. The van der Waals surface area contributed by atoms with Gasteiger partial charge >= 0.3 is 5.97 Å². The molecule has 6 rings (SSSR count). The number of hydrogen-bond acceptors (Lipinski definition) is 8. The van der Waals surface area contributed by atoms with Crippen LogP contribution in [0.25, 0.3) is 5.52 Å². The highest BCUT2D eigenvalue weighted by Crippen LogP contribution is 2.39. The number of carbonyl (C=O) groups is 2. The minimum absolute atomic E-state index is 0.250. The number of H-pyrrole nitrogens is 1. The fourth-order valence-electron chi connectivity index (χ4n) is 3.98. The molecule has 3 aromatic heterocycles. The number of anilines is 3. The third kappa shape index (κ3) is 6.84. The van der Waals surface area contributed by atoms with Crippen LogP contribution in [0.15, 0.2) is 54.7 Å². The lowest BCUT2D eigenvalue weighted by molar-refractivity contribution is -0.106. The van der Waals surface area contributed by atoms with Crippen molar-refractivity contribution >= 4 is 35.5 Å². The van der Waals surface area contributed by atoms with E-state index >= 15 is 0 Å². The van der Waals surface area contributed by atoms with Crippen molar-refractivity contribution in [3.63, 3.8) is 0 Å². The van der Waals surface area contributed by atoms with Crippen LogP contribution in [0.2, 0.25) is 0 Å². The maximum Gasteiger partial charge on any atom is 0.338 e. The van der Waals surface area contributed by atoms with Gasteiger partial charge in [-0.15, -0.1) is 5.10 Å². The Hall–Kier alpha value is -4.41. The fourth-order valence-corrected chi connectivity index (χ4v) is 3.98. The van der Waals surface area contributed by atoms with E-state index < -0.39 is 0 Å². The number of nitrogens with zero attached hydrogens (tertiary/aromatic N) is 5. The molecule has 37 heavy (non-hydrogen) atoms. The second-order valence-corrected chi connectivity index (χ2v) is 8.62. The highest BCUT2D eigenvalue weighted by molar-refractivity contribution is 5.89. The Bertz CT molecular complexity index is 1290. The molecule has 0 radical (unpaired) electrons. The van der Waals surface area contributed by atoms with Crippen LogP contribution < -0.4 is 16.0 Å². The number of rotatable bonds is 6. The van der Waals surface area contributed by atoms with E-state index in [9.17, 15) is 4.79 Å². The van der Waals surface area contributed by atoms with Crippen molar-refractivity contribution in [2.24, 2.45) is 5.73 Å². The van der Waals surface area contributed by atoms with Crippen LogP contribution in [-0.2, 0) is 9.53 Å². The molecule has 11 nitrogen and oxygen atoms in total. The van der Waals surface area contributed by atoms with E-state index in [4.69, 9.17) is 14.5 Å². The molecule has 2 aliphatic rings. The van der Waals surface area contributed by atoms with Crippen LogP contribution >= 0.6 is 0 Å². The van der Waals surface area contributed by atoms with Gasteiger partial charge in [-0.3, -0.25) is 9.89 Å². The number of hydrogen-bond donors (Lipinski definition) is 3. The number of amides is 1. The van der Waals surface area contributed by atoms with E-state index in [1.165, 1.54) is 31.4 Å². The van der Waals surface area contributed by atoms with E-state index in [2.05, 4.69) is 37.3 Å². The maximum atomic E-state index is 11.0. The Morgan fingerprint density at radius 2 is 1.92 bits per heavy atom. The molecule has 0 bridgehead atoms. The second-order valence-electron chi connectivity index (χ2n) is 8.62. The molecular formula is C26H32N8O3. The van der Waals surface area contributed by atoms with Crippen molar-refractivity contribution in [1.29, 1.82) is 0 Å². The monoisotopic (exact) mass is 504 g/mol. The van der Waals surface area contributed by atoms with E-state index in [1.807, 2.05) is 41.0 Å². The molecule has 1 saturated carbocycles. The van der Waals surface area contributed by atoms with Crippen LogP contribution in [0.4, 0.5) is 17.6 Å². The van der Waals surface area contributed by atoms with Crippen molar-refractivity contribution in [3.05, 3.63) is 66.0 Å². The molecule has 194 valence electrons. The molecule has 1 aromatic carbocycles. The lowest BCUT2D eigenvalue weighted by Crippen LogP contribution is -2.22. The van der Waals surface area contributed by atoms with Gasteiger partial charge < -0.3 is 20.7 Å². The normalized spacial score (nSPS) is 14.2. The van der Waals surface area contributed by atoms with Gasteiger partial charge in [-0.2, -0.15) is 10.1 Å². The molecule has 1 aliphatic heterocycles. The molecule has 1 aliphatic carbocycles. The summed E-state index contributed by atoms with van der Waals surface area (Å²) in [4.78, 5) is 26.6. The van der Waals surface area contributed by atoms with Gasteiger partial charge in [0.15, 0.2) is 11.6 Å². The Labute approximate surface area is 215 Å². The molecule has 0 spiro atoms. The van der Waals surface area contributed by atoms with Crippen LogP contribution in [0.5, 0.6) is 0 Å². The van der Waals surface area contributed by atoms with Crippen molar-refractivity contribution < 1.29 is 14.3 Å². The van der Waals surface area contributed by atoms with E-state index in [0.717, 1.165) is 36.2 Å². The van der Waals surface area contributed by atoms with Gasteiger partial charge in [0.05, 0.1) is 12.2 Å². The first kappa shape index (κ1) is 25.7. The number of primary amides is 1. The minimum Gasteiger partial charge on any atom is -0.462 e. The van der Waals surface area contributed by atoms with Gasteiger partial charge in [-0.1, -0.05) is 18.2 Å². The predicted molar refractivity (Wildman–Crippen MR) is 141 cm³/mol. The first-order chi connectivity index (χ1) is 18.1. The number of nitrogens with one attached hydrogen (secondary N) is 2. The Morgan fingerprint density at radius 3 is 2.59 bits per heavy atom. The zero-order valence-electron chi connectivity index (χ0n) is 20.8. The van der Waals surface area contributed by atoms with Crippen LogP contribution in [0.1, 0.15) is 54.6 Å². The van der Waals surface area contributed by atoms with Gasteiger partial charge in [-0.25, -0.2) is 9.31 Å². The van der Waals surface area contributed by atoms with Gasteiger partial charge in [0.1, 0.15) is 5.52 Å². The highest BCUT2D eigenvalue weighted by Gasteiger charge is 2.26. The van der Waals surface area contributed by atoms with Crippen molar-refractivity contribution in [1.82, 2.24) is 24.8 Å². The maximum absolute atomic E-state index is 11.0. The molecule has 11 heteroatoms. The molecule has 1 amide bonds. The number of ether oxygens (including phenoxy) is 1. The summed E-state index contributed by atoms with van der Waals surface area (Å²) in [6.07, 6.45) is 7.15. The molecule has 1 saturated heterocycles.